The molecule has 0 bridgehead atoms. The van der Waals surface area contributed by atoms with E-state index in [4.69, 9.17) is 11.6 Å². The molecule has 0 atom stereocenters. The summed E-state index contributed by atoms with van der Waals surface area (Å²) in [5.41, 5.74) is 9.84. The van der Waals surface area contributed by atoms with Gasteiger partial charge in [0.1, 0.15) is 7.05 Å². The molecule has 0 amide bonds. The fraction of sp³-hybridized carbons (Fsp3) is 0.324. The Balaban J connectivity index is 1.49. The van der Waals surface area contributed by atoms with Gasteiger partial charge in [0.25, 0.3) is 0 Å². The van der Waals surface area contributed by atoms with E-state index in [2.05, 4.69) is 129 Å². The number of halogens is 1. The third-order valence-electron chi connectivity index (χ3n) is 8.20. The molecule has 0 unspecified atom stereocenters. The Morgan fingerprint density at radius 2 is 1.59 bits per heavy atom. The molecule has 2 aromatic carbocycles. The quantitative estimate of drug-likeness (QED) is 0.298. The molecule has 0 saturated carbocycles. The highest BCUT2D eigenvalue weighted by Gasteiger charge is 2.42. The average Bonchev–Trinajstić information content (AvgIpc) is 3.22. The van der Waals surface area contributed by atoms with Crippen molar-refractivity contribution in [3.63, 3.8) is 0 Å². The fourth-order valence-corrected chi connectivity index (χ4v) is 6.44. The van der Waals surface area contributed by atoms with Gasteiger partial charge in [0.2, 0.25) is 5.69 Å². The van der Waals surface area contributed by atoms with Crippen LogP contribution >= 0.6 is 11.6 Å². The van der Waals surface area contributed by atoms with E-state index in [9.17, 15) is 0 Å². The maximum Gasteiger partial charge on any atom is 0.209 e. The maximum absolute atomic E-state index is 7.04. The first-order valence-corrected chi connectivity index (χ1v) is 13.6. The molecule has 0 spiro atoms. The van der Waals surface area contributed by atoms with Crippen molar-refractivity contribution >= 4 is 28.7 Å². The molecule has 0 aromatic heterocycles. The number of rotatable bonds is 3. The minimum atomic E-state index is -0.130. The zero-order valence-corrected chi connectivity index (χ0v) is 23.6. The smallest absolute Gasteiger partial charge is 0.209 e. The number of para-hydroxylation sites is 2. The predicted molar refractivity (Wildman–Crippen MR) is 158 cm³/mol. The number of allylic oxidation sites excluding steroid dienone is 8. The van der Waals surface area contributed by atoms with Crippen molar-refractivity contribution in [3.8, 4) is 12.0 Å². The van der Waals surface area contributed by atoms with Crippen molar-refractivity contribution < 1.29 is 4.58 Å². The van der Waals surface area contributed by atoms with E-state index < -0.39 is 0 Å². The molecule has 2 aliphatic heterocycles. The molecule has 0 fully saturated rings. The monoisotopic (exact) mass is 507 g/mol. The van der Waals surface area contributed by atoms with Crippen LogP contribution in [-0.4, -0.2) is 17.3 Å². The van der Waals surface area contributed by atoms with Crippen molar-refractivity contribution in [3.05, 3.63) is 106 Å². The molecule has 1 aliphatic carbocycles. The normalized spacial score (nSPS) is 22.1. The lowest BCUT2D eigenvalue weighted by molar-refractivity contribution is -0.401. The topological polar surface area (TPSA) is 6.25 Å². The number of hydrogen-bond acceptors (Lipinski definition) is 1. The number of nitrogens with zero attached hydrogens (tertiary/aromatic N) is 2. The Hall–Kier alpha value is -3.28. The van der Waals surface area contributed by atoms with Crippen LogP contribution in [0.4, 0.5) is 11.4 Å². The van der Waals surface area contributed by atoms with Crippen LogP contribution in [0.15, 0.2) is 94.7 Å². The summed E-state index contributed by atoms with van der Waals surface area (Å²) in [4.78, 5) is 2.14. The zero-order valence-electron chi connectivity index (χ0n) is 22.8. The summed E-state index contributed by atoms with van der Waals surface area (Å²) < 4.78 is 2.31. The van der Waals surface area contributed by atoms with Crippen molar-refractivity contribution in [2.24, 2.45) is 0 Å². The third-order valence-corrected chi connectivity index (χ3v) is 8.69. The molecule has 2 nitrogen and oxygen atoms in total. The van der Waals surface area contributed by atoms with Gasteiger partial charge in [-0.3, -0.25) is 4.90 Å². The van der Waals surface area contributed by atoms with Crippen LogP contribution in [0.2, 0.25) is 0 Å². The molecule has 2 aromatic rings. The van der Waals surface area contributed by atoms with Gasteiger partial charge in [-0.15, -0.1) is 0 Å². The van der Waals surface area contributed by atoms with Crippen LogP contribution in [-0.2, 0) is 10.8 Å². The maximum atomic E-state index is 7.04. The first-order valence-electron chi connectivity index (χ1n) is 13.2. The van der Waals surface area contributed by atoms with E-state index in [1.807, 2.05) is 6.92 Å². The third kappa shape index (κ3) is 4.20. The Morgan fingerprint density at radius 3 is 2.32 bits per heavy atom. The summed E-state index contributed by atoms with van der Waals surface area (Å²) in [6, 6.07) is 20.5. The lowest BCUT2D eigenvalue weighted by Gasteiger charge is -2.23. The van der Waals surface area contributed by atoms with Gasteiger partial charge in [-0.05, 0) is 68.9 Å². The second-order valence-electron chi connectivity index (χ2n) is 11.2. The van der Waals surface area contributed by atoms with Crippen LogP contribution in [0, 0.1) is 12.0 Å². The molecule has 3 heteroatoms. The Bertz CT molecular complexity index is 1480. The summed E-state index contributed by atoms with van der Waals surface area (Å²) >= 11 is 7.04. The standard InChI is InChI=1S/C34H36ClN2/c1-7-23-37-29-18-11-9-16-27(29)34(4,5)31(37)22-20-25-14-12-13-24(32(25)35)19-21-30-33(2,3)26-15-8-10-17-28(26)36(30)6/h8-11,15-22H,12-14H2,1-6H3/q+1. The summed E-state index contributed by atoms with van der Waals surface area (Å²) in [5.74, 6) is 3.10. The minimum Gasteiger partial charge on any atom is -0.273 e. The van der Waals surface area contributed by atoms with Gasteiger partial charge < -0.3 is 0 Å². The highest BCUT2D eigenvalue weighted by atomic mass is 35.5. The van der Waals surface area contributed by atoms with Gasteiger partial charge >= 0.3 is 0 Å². The first kappa shape index (κ1) is 25.4. The van der Waals surface area contributed by atoms with Crippen molar-refractivity contribution in [2.75, 3.05) is 11.9 Å². The van der Waals surface area contributed by atoms with Gasteiger partial charge in [0.05, 0.1) is 11.1 Å². The summed E-state index contributed by atoms with van der Waals surface area (Å²) in [5, 5.41) is 0.886. The summed E-state index contributed by atoms with van der Waals surface area (Å²) in [7, 11) is 2.16. The Kier molecular flexibility index (Phi) is 6.55. The highest BCUT2D eigenvalue weighted by molar-refractivity contribution is 6.32. The lowest BCUT2D eigenvalue weighted by atomic mass is 9.81. The molecule has 188 valence electrons. The van der Waals surface area contributed by atoms with E-state index in [1.54, 1.807) is 0 Å². The molecular formula is C34H36ClN2+. The number of fused-ring (bicyclic) bond motifs is 2. The van der Waals surface area contributed by atoms with Gasteiger partial charge in [-0.25, -0.2) is 0 Å². The molecule has 0 radical (unpaired) electrons. The molecule has 0 N–H and O–H groups in total. The van der Waals surface area contributed by atoms with Crippen LogP contribution in [0.3, 0.4) is 0 Å². The van der Waals surface area contributed by atoms with Crippen molar-refractivity contribution in [1.29, 1.82) is 0 Å². The summed E-state index contributed by atoms with van der Waals surface area (Å²) in [6.45, 7) is 11.0. The predicted octanol–water partition coefficient (Wildman–Crippen LogP) is 8.51. The minimum absolute atomic E-state index is 0.0422. The van der Waals surface area contributed by atoms with Crippen LogP contribution < -0.4 is 4.90 Å². The number of hydrogen-bond donors (Lipinski definition) is 0. The molecule has 37 heavy (non-hydrogen) atoms. The van der Waals surface area contributed by atoms with E-state index in [-0.39, 0.29) is 10.8 Å². The molecule has 5 rings (SSSR count). The van der Waals surface area contributed by atoms with E-state index >= 15 is 0 Å². The van der Waals surface area contributed by atoms with Gasteiger partial charge in [0, 0.05) is 39.9 Å². The second kappa shape index (κ2) is 9.55. The Morgan fingerprint density at radius 1 is 0.892 bits per heavy atom. The van der Waals surface area contributed by atoms with Crippen molar-refractivity contribution in [1.82, 2.24) is 0 Å². The summed E-state index contributed by atoms with van der Waals surface area (Å²) in [6.07, 6.45) is 12.0. The average molecular weight is 508 g/mol. The molecule has 0 saturated heterocycles. The molecular weight excluding hydrogens is 472 g/mol. The van der Waals surface area contributed by atoms with Crippen LogP contribution in [0.5, 0.6) is 0 Å². The molecule has 2 heterocycles. The fourth-order valence-electron chi connectivity index (χ4n) is 6.13. The second-order valence-corrected chi connectivity index (χ2v) is 11.6. The first-order chi connectivity index (χ1) is 17.7. The molecule has 3 aliphatic rings. The lowest BCUT2D eigenvalue weighted by Crippen LogP contribution is -2.26. The number of anilines is 1. The van der Waals surface area contributed by atoms with E-state index in [1.165, 1.54) is 45.1 Å². The highest BCUT2D eigenvalue weighted by Crippen LogP contribution is 2.47. The van der Waals surface area contributed by atoms with Gasteiger partial charge in [-0.1, -0.05) is 79.9 Å². The zero-order chi connectivity index (χ0) is 26.4. The van der Waals surface area contributed by atoms with Crippen LogP contribution in [0.25, 0.3) is 0 Å². The SMILES string of the molecule is CC#CN1/C(=C/C=C2\CCCC(/C=C/C3=[N+](C)c4ccccc4C3(C)C)=C2Cl)C(C)(C)c2ccccc21. The van der Waals surface area contributed by atoms with E-state index in [0.29, 0.717) is 0 Å². The number of benzene rings is 2. The Labute approximate surface area is 227 Å². The van der Waals surface area contributed by atoms with Gasteiger partial charge in [0.15, 0.2) is 5.71 Å². The largest absolute Gasteiger partial charge is 0.273 e. The van der Waals surface area contributed by atoms with E-state index in [0.717, 1.165) is 24.3 Å². The van der Waals surface area contributed by atoms with Gasteiger partial charge in [-0.2, -0.15) is 4.58 Å². The van der Waals surface area contributed by atoms with Crippen molar-refractivity contribution in [2.45, 2.75) is 64.7 Å². The van der Waals surface area contributed by atoms with Crippen LogP contribution in [0.1, 0.15) is 65.0 Å².